The van der Waals surface area contributed by atoms with Gasteiger partial charge in [-0.25, -0.2) is 0 Å². The van der Waals surface area contributed by atoms with E-state index in [-0.39, 0.29) is 11.8 Å². The minimum absolute atomic E-state index is 0.150. The van der Waals surface area contributed by atoms with Gasteiger partial charge in [0.15, 0.2) is 0 Å². The molecule has 2 aromatic carbocycles. The lowest BCUT2D eigenvalue weighted by molar-refractivity contribution is -0.132. The summed E-state index contributed by atoms with van der Waals surface area (Å²) in [6.07, 6.45) is 1.28. The Labute approximate surface area is 152 Å². The first-order valence-corrected chi connectivity index (χ1v) is 8.83. The molecule has 1 fully saturated rings. The summed E-state index contributed by atoms with van der Waals surface area (Å²) in [5, 5.41) is 3.48. The fourth-order valence-corrected chi connectivity index (χ4v) is 3.30. The summed E-state index contributed by atoms with van der Waals surface area (Å²) in [5.74, 6) is -0.958. The van der Waals surface area contributed by atoms with Crippen LogP contribution in [0.2, 0.25) is 5.02 Å². The second-order valence-corrected chi connectivity index (χ2v) is 6.73. The molecule has 2 aromatic rings. The van der Waals surface area contributed by atoms with Crippen LogP contribution in [0.1, 0.15) is 17.5 Å². The van der Waals surface area contributed by atoms with Gasteiger partial charge in [0.25, 0.3) is 0 Å². The van der Waals surface area contributed by atoms with Gasteiger partial charge in [0, 0.05) is 23.8 Å². The van der Waals surface area contributed by atoms with Gasteiger partial charge in [0.2, 0.25) is 11.8 Å². The number of amides is 2. The predicted molar refractivity (Wildman–Crippen MR) is 99.8 cm³/mol. The van der Waals surface area contributed by atoms with Crippen molar-refractivity contribution in [3.63, 3.8) is 0 Å². The van der Waals surface area contributed by atoms with Gasteiger partial charge in [-0.3, -0.25) is 9.59 Å². The summed E-state index contributed by atoms with van der Waals surface area (Å²) >= 11 is 6.05. The minimum Gasteiger partial charge on any atom is -0.355 e. The normalized spacial score (nSPS) is 17.0. The summed E-state index contributed by atoms with van der Waals surface area (Å²) in [6, 6.07) is 15.4. The molecule has 1 saturated heterocycles. The van der Waals surface area contributed by atoms with E-state index >= 15 is 0 Å². The Bertz CT molecular complexity index is 777. The van der Waals surface area contributed by atoms with Crippen molar-refractivity contribution in [1.82, 2.24) is 5.32 Å². The second-order valence-electron chi connectivity index (χ2n) is 6.29. The van der Waals surface area contributed by atoms with E-state index in [0.29, 0.717) is 24.5 Å². The molecule has 0 saturated carbocycles. The number of carbonyl (C=O) groups is 2. The topological polar surface area (TPSA) is 49.4 Å². The van der Waals surface area contributed by atoms with Crippen LogP contribution in [0.4, 0.5) is 5.69 Å². The van der Waals surface area contributed by atoms with Crippen molar-refractivity contribution >= 4 is 29.1 Å². The molecule has 1 heterocycles. The van der Waals surface area contributed by atoms with Crippen molar-refractivity contribution in [2.45, 2.75) is 19.8 Å². The van der Waals surface area contributed by atoms with Crippen LogP contribution >= 0.6 is 11.6 Å². The molecule has 2 amide bonds. The van der Waals surface area contributed by atoms with Crippen LogP contribution in [0.3, 0.4) is 0 Å². The molecule has 3 rings (SSSR count). The van der Waals surface area contributed by atoms with E-state index in [1.807, 2.05) is 43.3 Å². The number of nitrogens with one attached hydrogen (secondary N) is 1. The van der Waals surface area contributed by atoms with Crippen LogP contribution < -0.4 is 10.2 Å². The van der Waals surface area contributed by atoms with E-state index in [0.717, 1.165) is 23.2 Å². The lowest BCUT2D eigenvalue weighted by Crippen LogP contribution is -2.37. The Morgan fingerprint density at radius 2 is 2.00 bits per heavy atom. The average Bonchev–Trinajstić information content (AvgIpc) is 2.99. The van der Waals surface area contributed by atoms with Gasteiger partial charge in [0.1, 0.15) is 5.92 Å². The lowest BCUT2D eigenvalue weighted by Gasteiger charge is -2.19. The van der Waals surface area contributed by atoms with Gasteiger partial charge in [-0.05, 0) is 43.0 Å². The highest BCUT2D eigenvalue weighted by atomic mass is 35.5. The highest BCUT2D eigenvalue weighted by molar-refractivity contribution is 6.31. The molecule has 4 nitrogen and oxygen atoms in total. The van der Waals surface area contributed by atoms with Crippen molar-refractivity contribution < 1.29 is 9.59 Å². The van der Waals surface area contributed by atoms with E-state index in [1.54, 1.807) is 17.0 Å². The first-order valence-electron chi connectivity index (χ1n) is 8.45. The molecule has 1 aliphatic heterocycles. The zero-order chi connectivity index (χ0) is 17.8. The highest BCUT2D eigenvalue weighted by Crippen LogP contribution is 2.30. The van der Waals surface area contributed by atoms with Crippen molar-refractivity contribution in [3.8, 4) is 0 Å². The van der Waals surface area contributed by atoms with Gasteiger partial charge < -0.3 is 10.2 Å². The SMILES string of the molecule is Cc1ccc(Cl)cc1N1CC[C@@H](C(=O)NCCc2ccccc2)C1=O. The quantitative estimate of drug-likeness (QED) is 0.835. The number of carbonyl (C=O) groups excluding carboxylic acids is 2. The van der Waals surface area contributed by atoms with Crippen molar-refractivity contribution in [1.29, 1.82) is 0 Å². The van der Waals surface area contributed by atoms with Crippen molar-refractivity contribution in [3.05, 3.63) is 64.7 Å². The van der Waals surface area contributed by atoms with Crippen molar-refractivity contribution in [2.24, 2.45) is 5.92 Å². The van der Waals surface area contributed by atoms with E-state index < -0.39 is 5.92 Å². The minimum atomic E-state index is -0.617. The van der Waals surface area contributed by atoms with Gasteiger partial charge in [0.05, 0.1) is 0 Å². The first kappa shape index (κ1) is 17.5. The third-order valence-corrected chi connectivity index (χ3v) is 4.77. The molecule has 0 aliphatic carbocycles. The fraction of sp³-hybridized carbons (Fsp3) is 0.300. The Kier molecular flexibility index (Phi) is 5.39. The molecular weight excluding hydrogens is 336 g/mol. The van der Waals surface area contributed by atoms with Crippen LogP contribution in [0, 0.1) is 12.8 Å². The number of aryl methyl sites for hydroxylation is 1. The maximum Gasteiger partial charge on any atom is 0.239 e. The molecular formula is C20H21ClN2O2. The number of nitrogens with zero attached hydrogens (tertiary/aromatic N) is 1. The first-order chi connectivity index (χ1) is 12.1. The van der Waals surface area contributed by atoms with E-state index in [9.17, 15) is 9.59 Å². The summed E-state index contributed by atoms with van der Waals surface area (Å²) in [6.45, 7) is 3.01. The number of anilines is 1. The summed E-state index contributed by atoms with van der Waals surface area (Å²) in [4.78, 5) is 26.7. The Morgan fingerprint density at radius 1 is 1.24 bits per heavy atom. The number of hydrogen-bond acceptors (Lipinski definition) is 2. The lowest BCUT2D eigenvalue weighted by atomic mass is 10.1. The zero-order valence-corrected chi connectivity index (χ0v) is 14.9. The zero-order valence-electron chi connectivity index (χ0n) is 14.2. The molecule has 0 aromatic heterocycles. The molecule has 0 radical (unpaired) electrons. The summed E-state index contributed by atoms with van der Waals surface area (Å²) in [5.41, 5.74) is 2.93. The molecule has 25 heavy (non-hydrogen) atoms. The van der Waals surface area contributed by atoms with Crippen LogP contribution in [0.25, 0.3) is 0 Å². The molecule has 5 heteroatoms. The smallest absolute Gasteiger partial charge is 0.239 e. The van der Waals surface area contributed by atoms with Gasteiger partial charge in [-0.15, -0.1) is 0 Å². The largest absolute Gasteiger partial charge is 0.355 e. The molecule has 1 N–H and O–H groups in total. The molecule has 1 aliphatic rings. The van der Waals surface area contributed by atoms with Crippen LogP contribution in [-0.2, 0) is 16.0 Å². The predicted octanol–water partition coefficient (Wildman–Crippen LogP) is 3.36. The van der Waals surface area contributed by atoms with E-state index in [2.05, 4.69) is 5.32 Å². The van der Waals surface area contributed by atoms with Crippen LogP contribution in [0.5, 0.6) is 0 Å². The van der Waals surface area contributed by atoms with Crippen LogP contribution in [0.15, 0.2) is 48.5 Å². The number of rotatable bonds is 5. The number of halogens is 1. The Morgan fingerprint density at radius 3 is 2.76 bits per heavy atom. The van der Waals surface area contributed by atoms with Gasteiger partial charge >= 0.3 is 0 Å². The molecule has 130 valence electrons. The third-order valence-electron chi connectivity index (χ3n) is 4.54. The number of hydrogen-bond donors (Lipinski definition) is 1. The average molecular weight is 357 g/mol. The monoisotopic (exact) mass is 356 g/mol. The molecule has 0 bridgehead atoms. The maximum absolute atomic E-state index is 12.7. The second kappa shape index (κ2) is 7.70. The Hall–Kier alpha value is -2.33. The van der Waals surface area contributed by atoms with Gasteiger partial charge in [-0.1, -0.05) is 48.0 Å². The van der Waals surface area contributed by atoms with Gasteiger partial charge in [-0.2, -0.15) is 0 Å². The van der Waals surface area contributed by atoms with Crippen LogP contribution in [-0.4, -0.2) is 24.9 Å². The van der Waals surface area contributed by atoms with Crippen molar-refractivity contribution in [2.75, 3.05) is 18.0 Å². The number of benzene rings is 2. The van der Waals surface area contributed by atoms with E-state index in [1.165, 1.54) is 0 Å². The van der Waals surface area contributed by atoms with E-state index in [4.69, 9.17) is 11.6 Å². The fourth-order valence-electron chi connectivity index (χ4n) is 3.13. The standard InChI is InChI=1S/C20H21ClN2O2/c1-14-7-8-16(21)13-18(14)23-12-10-17(20(23)25)19(24)22-11-9-15-5-3-2-4-6-15/h2-8,13,17H,9-12H2,1H3,(H,22,24)/t17-/m0/s1. The highest BCUT2D eigenvalue weighted by Gasteiger charge is 2.37. The molecule has 0 unspecified atom stereocenters. The third kappa shape index (κ3) is 4.02. The Balaban J connectivity index is 1.59. The molecule has 0 spiro atoms. The summed E-state index contributed by atoms with van der Waals surface area (Å²) in [7, 11) is 0. The molecule has 1 atom stereocenters. The maximum atomic E-state index is 12.7. The summed E-state index contributed by atoms with van der Waals surface area (Å²) < 4.78 is 0.